The number of hydrogen-bond donors (Lipinski definition) is 0. The Morgan fingerprint density at radius 3 is 2.56 bits per heavy atom. The van der Waals surface area contributed by atoms with Gasteiger partial charge in [-0.2, -0.15) is 0 Å². The van der Waals surface area contributed by atoms with Gasteiger partial charge in [-0.25, -0.2) is 0 Å². The summed E-state index contributed by atoms with van der Waals surface area (Å²) in [7, 11) is 0. The van der Waals surface area contributed by atoms with Gasteiger partial charge >= 0.3 is 51.4 Å². The molecule has 1 aromatic rings. The van der Waals surface area contributed by atoms with Crippen LogP contribution in [0.2, 0.25) is 0 Å². The molecule has 0 bridgehead atoms. The SMILES string of the molecule is S=C([S-])c1cccs1.[K+]. The Bertz CT molecular complexity index is 180. The van der Waals surface area contributed by atoms with Crippen LogP contribution in [0, 0.1) is 0 Å². The molecule has 0 unspecified atom stereocenters. The Kier molecular flexibility index (Phi) is 6.29. The monoisotopic (exact) mass is 198 g/mol. The molecule has 0 spiro atoms. The second-order valence-corrected chi connectivity index (χ2v) is 3.29. The van der Waals surface area contributed by atoms with Crippen LogP contribution in [0.3, 0.4) is 0 Å². The molecule has 0 radical (unpaired) electrons. The molecule has 1 rings (SSSR count). The van der Waals surface area contributed by atoms with Crippen molar-refractivity contribution in [2.45, 2.75) is 0 Å². The van der Waals surface area contributed by atoms with Crippen molar-refractivity contribution in [1.82, 2.24) is 0 Å². The van der Waals surface area contributed by atoms with Crippen LogP contribution in [-0.4, -0.2) is 4.20 Å². The quantitative estimate of drug-likeness (QED) is 0.322. The van der Waals surface area contributed by atoms with E-state index in [0.717, 1.165) is 4.88 Å². The maximum atomic E-state index is 4.74. The van der Waals surface area contributed by atoms with E-state index in [0.29, 0.717) is 4.20 Å². The zero-order valence-electron chi connectivity index (χ0n) is 4.96. The van der Waals surface area contributed by atoms with E-state index in [4.69, 9.17) is 24.8 Å². The Morgan fingerprint density at radius 2 is 2.33 bits per heavy atom. The minimum absolute atomic E-state index is 0. The van der Waals surface area contributed by atoms with E-state index in [9.17, 15) is 0 Å². The van der Waals surface area contributed by atoms with E-state index in [1.165, 1.54) is 0 Å². The van der Waals surface area contributed by atoms with E-state index in [1.807, 2.05) is 17.5 Å². The van der Waals surface area contributed by atoms with E-state index in [2.05, 4.69) is 0 Å². The molecule has 1 heterocycles. The van der Waals surface area contributed by atoms with E-state index in [-0.39, 0.29) is 51.4 Å². The average molecular weight is 198 g/mol. The van der Waals surface area contributed by atoms with Crippen LogP contribution < -0.4 is 51.4 Å². The smallest absolute Gasteiger partial charge is 0.427 e. The summed E-state index contributed by atoms with van der Waals surface area (Å²) in [6.07, 6.45) is 0. The third kappa shape index (κ3) is 3.53. The molecule has 42 valence electrons. The predicted molar refractivity (Wildman–Crippen MR) is 43.4 cm³/mol. The molecular weight excluding hydrogens is 195 g/mol. The van der Waals surface area contributed by atoms with Crippen molar-refractivity contribution < 1.29 is 51.4 Å². The summed E-state index contributed by atoms with van der Waals surface area (Å²) >= 11 is 11.1. The van der Waals surface area contributed by atoms with E-state index >= 15 is 0 Å². The van der Waals surface area contributed by atoms with E-state index in [1.54, 1.807) is 11.3 Å². The van der Waals surface area contributed by atoms with Crippen molar-refractivity contribution in [3.8, 4) is 0 Å². The van der Waals surface area contributed by atoms with Gasteiger partial charge in [0.05, 0.1) is 0 Å². The van der Waals surface area contributed by atoms with Gasteiger partial charge in [-0.15, -0.1) is 15.5 Å². The zero-order valence-corrected chi connectivity index (χ0v) is 10.5. The number of thiophene rings is 1. The summed E-state index contributed by atoms with van der Waals surface area (Å²) < 4.78 is 0.569. The molecule has 0 aromatic carbocycles. The normalized spacial score (nSPS) is 8.00. The van der Waals surface area contributed by atoms with Crippen molar-refractivity contribution in [3.63, 3.8) is 0 Å². The molecule has 0 N–H and O–H groups in total. The molecular formula is C5H3KS3. The third-order valence-electron chi connectivity index (χ3n) is 0.722. The largest absolute Gasteiger partial charge is 1.00 e. The Morgan fingerprint density at radius 1 is 1.67 bits per heavy atom. The molecule has 0 aliphatic carbocycles. The summed E-state index contributed by atoms with van der Waals surface area (Å²) in [6.45, 7) is 0. The summed E-state index contributed by atoms with van der Waals surface area (Å²) in [4.78, 5) is 1.02. The van der Waals surface area contributed by atoms with Gasteiger partial charge in [-0.05, 0) is 11.4 Å². The Labute approximate surface area is 112 Å². The van der Waals surface area contributed by atoms with E-state index < -0.39 is 0 Å². The predicted octanol–water partition coefficient (Wildman–Crippen LogP) is -1.03. The first kappa shape index (κ1) is 10.6. The molecule has 0 saturated carbocycles. The van der Waals surface area contributed by atoms with Gasteiger partial charge in [0.15, 0.2) is 0 Å². The fourth-order valence-corrected chi connectivity index (χ4v) is 1.38. The molecule has 0 aliphatic rings. The molecule has 9 heavy (non-hydrogen) atoms. The zero-order chi connectivity index (χ0) is 5.98. The van der Waals surface area contributed by atoms with Crippen molar-refractivity contribution in [2.24, 2.45) is 0 Å². The second-order valence-electron chi connectivity index (χ2n) is 1.26. The van der Waals surface area contributed by atoms with Gasteiger partial charge in [-0.1, -0.05) is 6.07 Å². The van der Waals surface area contributed by atoms with Crippen molar-refractivity contribution in [1.29, 1.82) is 0 Å². The maximum Gasteiger partial charge on any atom is 1.00 e. The standard InChI is InChI=1S/C5H4S3.K/c6-5(7)4-2-1-3-8-4;/h1-3H,(H,6,7);/q;+1/p-1. The van der Waals surface area contributed by atoms with Crippen LogP contribution in [-0.2, 0) is 12.6 Å². The van der Waals surface area contributed by atoms with Crippen LogP contribution >= 0.6 is 23.6 Å². The van der Waals surface area contributed by atoms with Crippen LogP contribution in [0.1, 0.15) is 4.88 Å². The molecule has 0 nitrogen and oxygen atoms in total. The Hall–Kier alpha value is 1.65. The molecule has 0 saturated heterocycles. The number of thiocarbonyl (C=S) groups is 1. The molecule has 0 aliphatic heterocycles. The topological polar surface area (TPSA) is 0 Å². The van der Waals surface area contributed by atoms with Crippen molar-refractivity contribution in [3.05, 3.63) is 22.4 Å². The van der Waals surface area contributed by atoms with Gasteiger partial charge in [0, 0.05) is 4.88 Å². The fraction of sp³-hybridized carbons (Fsp3) is 0. The Balaban J connectivity index is 0.000000640. The molecule has 0 atom stereocenters. The minimum Gasteiger partial charge on any atom is -0.427 e. The van der Waals surface area contributed by atoms with Gasteiger partial charge < -0.3 is 24.8 Å². The van der Waals surface area contributed by atoms with Crippen LogP contribution in [0.4, 0.5) is 0 Å². The maximum absolute atomic E-state index is 4.74. The third-order valence-corrected chi connectivity index (χ3v) is 2.31. The van der Waals surface area contributed by atoms with Gasteiger partial charge in [0.1, 0.15) is 0 Å². The number of hydrogen-bond acceptors (Lipinski definition) is 3. The molecule has 4 heteroatoms. The first-order chi connectivity index (χ1) is 3.80. The van der Waals surface area contributed by atoms with Gasteiger partial charge in [-0.3, -0.25) is 0 Å². The van der Waals surface area contributed by atoms with Crippen molar-refractivity contribution in [2.75, 3.05) is 0 Å². The minimum atomic E-state index is 0. The fourth-order valence-electron chi connectivity index (χ4n) is 0.395. The molecule has 0 fully saturated rings. The first-order valence-corrected chi connectivity index (χ1v) is 3.75. The van der Waals surface area contributed by atoms with Crippen molar-refractivity contribution >= 4 is 40.4 Å². The van der Waals surface area contributed by atoms with Crippen LogP contribution in [0.15, 0.2) is 17.5 Å². The van der Waals surface area contributed by atoms with Crippen LogP contribution in [0.5, 0.6) is 0 Å². The molecule has 0 amide bonds. The summed E-state index contributed by atoms with van der Waals surface area (Å²) in [6, 6.07) is 3.87. The van der Waals surface area contributed by atoms with Crippen LogP contribution in [0.25, 0.3) is 0 Å². The van der Waals surface area contributed by atoms with Gasteiger partial charge in [0.25, 0.3) is 0 Å². The average Bonchev–Trinajstić information content (AvgIpc) is 2.12. The number of rotatable bonds is 1. The molecule has 1 aromatic heterocycles. The second kappa shape index (κ2) is 5.32. The first-order valence-electron chi connectivity index (χ1n) is 2.05. The summed E-state index contributed by atoms with van der Waals surface area (Å²) in [5.74, 6) is 0. The summed E-state index contributed by atoms with van der Waals surface area (Å²) in [5.41, 5.74) is 0. The van der Waals surface area contributed by atoms with Gasteiger partial charge in [0.2, 0.25) is 0 Å². The summed E-state index contributed by atoms with van der Waals surface area (Å²) in [5, 5.41) is 1.97.